The van der Waals surface area contributed by atoms with Crippen molar-refractivity contribution < 1.29 is 19.4 Å². The van der Waals surface area contributed by atoms with E-state index < -0.39 is 17.1 Å². The molecule has 2 aliphatic rings. The molecule has 0 aromatic heterocycles. The van der Waals surface area contributed by atoms with Gasteiger partial charge in [0.05, 0.1) is 12.0 Å². The number of allylic oxidation sites excluding steroid dienone is 1. The summed E-state index contributed by atoms with van der Waals surface area (Å²) >= 11 is 0. The Morgan fingerprint density at radius 2 is 2.05 bits per heavy atom. The molecule has 1 aliphatic heterocycles. The van der Waals surface area contributed by atoms with Gasteiger partial charge in [-0.3, -0.25) is 4.79 Å². The van der Waals surface area contributed by atoms with Gasteiger partial charge in [0.2, 0.25) is 0 Å². The van der Waals surface area contributed by atoms with Crippen molar-refractivity contribution in [2.24, 2.45) is 0 Å². The highest BCUT2D eigenvalue weighted by molar-refractivity contribution is 5.73. The molecule has 1 saturated heterocycles. The third kappa shape index (κ3) is 4.47. The molecule has 0 aromatic rings. The van der Waals surface area contributed by atoms with Crippen LogP contribution in [0.2, 0.25) is 0 Å². The van der Waals surface area contributed by atoms with Crippen LogP contribution in [-0.2, 0) is 9.53 Å². The Labute approximate surface area is 131 Å². The summed E-state index contributed by atoms with van der Waals surface area (Å²) < 4.78 is 5.33. The van der Waals surface area contributed by atoms with Gasteiger partial charge >= 0.3 is 12.1 Å². The first kappa shape index (κ1) is 16.8. The fraction of sp³-hybridized carbons (Fsp3) is 0.750. The lowest BCUT2D eigenvalue weighted by molar-refractivity contribution is -0.141. The van der Waals surface area contributed by atoms with E-state index in [1.54, 1.807) is 4.90 Å². The summed E-state index contributed by atoms with van der Waals surface area (Å²) in [7, 11) is 0. The fourth-order valence-corrected chi connectivity index (χ4v) is 3.04. The Bertz CT molecular complexity index is 461. The molecule has 2 N–H and O–H groups in total. The number of carboxylic acids is 1. The lowest BCUT2D eigenvalue weighted by atomic mass is 9.84. The normalized spacial score (nSPS) is 23.8. The minimum atomic E-state index is -0.845. The zero-order valence-electron chi connectivity index (χ0n) is 13.6. The Kier molecular flexibility index (Phi) is 4.80. The second kappa shape index (κ2) is 6.28. The van der Waals surface area contributed by atoms with Crippen LogP contribution < -0.4 is 5.32 Å². The Hall–Kier alpha value is -1.56. The summed E-state index contributed by atoms with van der Waals surface area (Å²) in [5.74, 6) is -0.845. The highest BCUT2D eigenvalue weighted by Crippen LogP contribution is 2.29. The highest BCUT2D eigenvalue weighted by Gasteiger charge is 2.48. The molecule has 0 radical (unpaired) electrons. The average molecular weight is 310 g/mol. The molecule has 1 unspecified atom stereocenters. The summed E-state index contributed by atoms with van der Waals surface area (Å²) in [4.78, 5) is 24.8. The van der Waals surface area contributed by atoms with Gasteiger partial charge in [-0.25, -0.2) is 4.79 Å². The van der Waals surface area contributed by atoms with E-state index in [0.717, 1.165) is 19.3 Å². The van der Waals surface area contributed by atoms with Crippen molar-refractivity contribution in [3.63, 3.8) is 0 Å². The number of hydrogen-bond donors (Lipinski definition) is 2. The fourth-order valence-electron chi connectivity index (χ4n) is 3.04. The smallest absolute Gasteiger partial charge is 0.410 e. The third-order valence-corrected chi connectivity index (χ3v) is 3.91. The maximum absolute atomic E-state index is 12.0. The van der Waals surface area contributed by atoms with Crippen LogP contribution in [-0.4, -0.2) is 52.3 Å². The van der Waals surface area contributed by atoms with Gasteiger partial charge in [0, 0.05) is 19.1 Å². The lowest BCUT2D eigenvalue weighted by Gasteiger charge is -2.51. The van der Waals surface area contributed by atoms with Gasteiger partial charge in [-0.2, -0.15) is 0 Å². The SMILES string of the molecule is CC(C)(C)OC(=O)N1CC(CC(=O)O)(NC2CC=CCC2)C1. The number of carbonyl (C=O) groups excluding carboxylic acids is 1. The van der Waals surface area contributed by atoms with Crippen molar-refractivity contribution in [1.29, 1.82) is 0 Å². The van der Waals surface area contributed by atoms with Crippen molar-refractivity contribution in [2.75, 3.05) is 13.1 Å². The summed E-state index contributed by atoms with van der Waals surface area (Å²) in [6.45, 7) is 6.23. The predicted molar refractivity (Wildman–Crippen MR) is 82.7 cm³/mol. The van der Waals surface area contributed by atoms with Gasteiger partial charge in [0.1, 0.15) is 5.60 Å². The van der Waals surface area contributed by atoms with Gasteiger partial charge in [-0.15, -0.1) is 0 Å². The van der Waals surface area contributed by atoms with Gasteiger partial charge in [-0.1, -0.05) is 12.2 Å². The Balaban J connectivity index is 1.94. The van der Waals surface area contributed by atoms with Crippen molar-refractivity contribution in [3.05, 3.63) is 12.2 Å². The summed E-state index contributed by atoms with van der Waals surface area (Å²) in [5, 5.41) is 12.6. The number of nitrogens with zero attached hydrogens (tertiary/aromatic N) is 1. The molecular formula is C16H26N2O4. The van der Waals surface area contributed by atoms with Crippen molar-refractivity contribution in [3.8, 4) is 0 Å². The molecule has 6 nitrogen and oxygen atoms in total. The number of carbonyl (C=O) groups is 2. The van der Waals surface area contributed by atoms with Crippen LogP contribution >= 0.6 is 0 Å². The molecule has 1 amide bonds. The maximum Gasteiger partial charge on any atom is 0.410 e. The minimum absolute atomic E-state index is 0.0203. The van der Waals surface area contributed by atoms with E-state index in [0.29, 0.717) is 13.1 Å². The number of aliphatic carboxylic acids is 1. The lowest BCUT2D eigenvalue weighted by Crippen LogP contribution is -2.72. The van der Waals surface area contributed by atoms with E-state index in [4.69, 9.17) is 9.84 Å². The van der Waals surface area contributed by atoms with Gasteiger partial charge in [0.15, 0.2) is 0 Å². The molecule has 1 aliphatic carbocycles. The Morgan fingerprint density at radius 3 is 2.55 bits per heavy atom. The second-order valence-electron chi connectivity index (χ2n) is 7.31. The number of amides is 1. The van der Waals surface area contributed by atoms with Crippen LogP contribution in [0.1, 0.15) is 46.5 Å². The molecule has 1 heterocycles. The second-order valence-corrected chi connectivity index (χ2v) is 7.31. The number of rotatable bonds is 4. The highest BCUT2D eigenvalue weighted by atomic mass is 16.6. The van der Waals surface area contributed by atoms with E-state index in [-0.39, 0.29) is 18.6 Å². The van der Waals surface area contributed by atoms with Gasteiger partial charge in [-0.05, 0) is 40.0 Å². The third-order valence-electron chi connectivity index (χ3n) is 3.91. The predicted octanol–water partition coefficient (Wildman–Crippen LogP) is 2.15. The van der Waals surface area contributed by atoms with Crippen molar-refractivity contribution in [2.45, 2.75) is 63.6 Å². The van der Waals surface area contributed by atoms with Gasteiger partial charge < -0.3 is 20.1 Å². The number of carboxylic acid groups (broad SMARTS) is 1. The zero-order valence-corrected chi connectivity index (χ0v) is 13.6. The molecule has 2 rings (SSSR count). The zero-order chi connectivity index (χ0) is 16.4. The molecule has 0 saturated carbocycles. The first-order valence-electron chi connectivity index (χ1n) is 7.82. The van der Waals surface area contributed by atoms with E-state index in [2.05, 4.69) is 17.5 Å². The van der Waals surface area contributed by atoms with Crippen LogP contribution in [0.3, 0.4) is 0 Å². The number of hydrogen-bond acceptors (Lipinski definition) is 4. The van der Waals surface area contributed by atoms with E-state index in [1.807, 2.05) is 20.8 Å². The largest absolute Gasteiger partial charge is 0.481 e. The molecule has 0 spiro atoms. The summed E-state index contributed by atoms with van der Waals surface area (Å²) in [5.41, 5.74) is -1.07. The first-order valence-corrected chi connectivity index (χ1v) is 7.82. The molecule has 124 valence electrons. The van der Waals surface area contributed by atoms with Crippen LogP contribution in [0.25, 0.3) is 0 Å². The molecule has 0 bridgehead atoms. The minimum Gasteiger partial charge on any atom is -0.481 e. The standard InChI is InChI=1S/C16H26N2O4/c1-15(2,3)22-14(21)18-10-16(11-18,9-13(19)20)17-12-7-5-4-6-8-12/h4-5,12,17H,6-11H2,1-3H3,(H,19,20). The molecule has 0 aromatic carbocycles. The van der Waals surface area contributed by atoms with Crippen LogP contribution in [0.15, 0.2) is 12.2 Å². The quantitative estimate of drug-likeness (QED) is 0.778. The summed E-state index contributed by atoms with van der Waals surface area (Å²) in [6, 6.07) is 0.283. The first-order chi connectivity index (χ1) is 10.2. The van der Waals surface area contributed by atoms with E-state index >= 15 is 0 Å². The molecule has 1 fully saturated rings. The van der Waals surface area contributed by atoms with Crippen LogP contribution in [0.4, 0.5) is 4.79 Å². The Morgan fingerprint density at radius 1 is 1.36 bits per heavy atom. The van der Waals surface area contributed by atoms with E-state index in [1.165, 1.54) is 0 Å². The molecule has 6 heteroatoms. The topological polar surface area (TPSA) is 78.9 Å². The maximum atomic E-state index is 12.0. The number of ether oxygens (including phenoxy) is 1. The molecular weight excluding hydrogens is 284 g/mol. The monoisotopic (exact) mass is 310 g/mol. The van der Waals surface area contributed by atoms with Crippen LogP contribution in [0.5, 0.6) is 0 Å². The van der Waals surface area contributed by atoms with Crippen molar-refractivity contribution >= 4 is 12.1 Å². The van der Waals surface area contributed by atoms with Crippen molar-refractivity contribution in [1.82, 2.24) is 10.2 Å². The summed E-state index contributed by atoms with van der Waals surface area (Å²) in [6.07, 6.45) is 6.84. The molecule has 22 heavy (non-hydrogen) atoms. The van der Waals surface area contributed by atoms with E-state index in [9.17, 15) is 9.59 Å². The van der Waals surface area contributed by atoms with Gasteiger partial charge in [0.25, 0.3) is 0 Å². The number of nitrogens with one attached hydrogen (secondary N) is 1. The molecule has 1 atom stereocenters. The van der Waals surface area contributed by atoms with Crippen LogP contribution in [0, 0.1) is 0 Å². The number of likely N-dealkylation sites (tertiary alicyclic amines) is 1. The average Bonchev–Trinajstić information content (AvgIpc) is 2.33.